The molecule has 0 aliphatic carbocycles. The van der Waals surface area contributed by atoms with Crippen molar-refractivity contribution in [2.75, 3.05) is 46.4 Å². The van der Waals surface area contributed by atoms with Gasteiger partial charge in [0.1, 0.15) is 12.4 Å². The van der Waals surface area contributed by atoms with E-state index < -0.39 is 0 Å². The van der Waals surface area contributed by atoms with E-state index in [1.54, 1.807) is 6.26 Å². The van der Waals surface area contributed by atoms with Gasteiger partial charge in [-0.25, -0.2) is 0 Å². The topological polar surface area (TPSA) is 62.0 Å². The summed E-state index contributed by atoms with van der Waals surface area (Å²) in [7, 11) is 1.81. The number of rotatable bonds is 14. The van der Waals surface area contributed by atoms with E-state index in [1.807, 2.05) is 19.2 Å². The minimum Gasteiger partial charge on any atom is -0.467 e. The molecule has 0 aliphatic heterocycles. The number of nitrogens with one attached hydrogen (secondary N) is 2. The highest BCUT2D eigenvalue weighted by Gasteiger charge is 2.02. The Kier molecular flexibility index (Phi) is 12.7. The van der Waals surface area contributed by atoms with Gasteiger partial charge < -0.3 is 24.7 Å². The van der Waals surface area contributed by atoms with Gasteiger partial charge in [-0.1, -0.05) is 13.8 Å². The van der Waals surface area contributed by atoms with Crippen molar-refractivity contribution in [3.05, 3.63) is 24.2 Å². The first kappa shape index (κ1) is 21.5. The zero-order valence-electron chi connectivity index (χ0n) is 16.2. The smallest absolute Gasteiger partial charge is 0.190 e. The lowest BCUT2D eigenvalue weighted by atomic mass is 10.3. The summed E-state index contributed by atoms with van der Waals surface area (Å²) in [5.41, 5.74) is 0. The summed E-state index contributed by atoms with van der Waals surface area (Å²) in [6.07, 6.45) is 6.17. The normalized spacial score (nSPS) is 11.9. The van der Waals surface area contributed by atoms with Crippen LogP contribution in [-0.4, -0.2) is 57.2 Å². The Labute approximate surface area is 153 Å². The monoisotopic (exact) mass is 352 g/mol. The van der Waals surface area contributed by atoms with Crippen molar-refractivity contribution in [3.8, 4) is 0 Å². The van der Waals surface area contributed by atoms with Gasteiger partial charge in [0.05, 0.1) is 6.26 Å². The molecule has 2 N–H and O–H groups in total. The van der Waals surface area contributed by atoms with Crippen molar-refractivity contribution in [3.63, 3.8) is 0 Å². The first-order chi connectivity index (χ1) is 12.3. The largest absolute Gasteiger partial charge is 0.467 e. The lowest BCUT2D eigenvalue weighted by molar-refractivity contribution is 0.105. The molecule has 0 saturated carbocycles. The minimum atomic E-state index is 0.534. The summed E-state index contributed by atoms with van der Waals surface area (Å²) in [5, 5.41) is 6.70. The van der Waals surface area contributed by atoms with E-state index in [-0.39, 0.29) is 0 Å². The van der Waals surface area contributed by atoms with E-state index in [2.05, 4.69) is 34.4 Å². The van der Waals surface area contributed by atoms with Gasteiger partial charge in [0.2, 0.25) is 0 Å². The molecule has 1 heterocycles. The highest BCUT2D eigenvalue weighted by atomic mass is 16.5. The van der Waals surface area contributed by atoms with Crippen molar-refractivity contribution in [1.82, 2.24) is 15.5 Å². The average Bonchev–Trinajstić information content (AvgIpc) is 3.13. The van der Waals surface area contributed by atoms with Crippen LogP contribution in [0.15, 0.2) is 27.8 Å². The second kappa shape index (κ2) is 14.8. The molecule has 0 aromatic carbocycles. The van der Waals surface area contributed by atoms with E-state index >= 15 is 0 Å². The molecule has 0 aliphatic rings. The maximum Gasteiger partial charge on any atom is 0.190 e. The van der Waals surface area contributed by atoms with Gasteiger partial charge in [0, 0.05) is 26.7 Å². The van der Waals surface area contributed by atoms with Gasteiger partial charge in [-0.3, -0.25) is 4.99 Å². The number of furan rings is 1. The van der Waals surface area contributed by atoms with Gasteiger partial charge >= 0.3 is 0 Å². The van der Waals surface area contributed by atoms with Gasteiger partial charge in [-0.2, -0.15) is 0 Å². The van der Waals surface area contributed by atoms with Crippen molar-refractivity contribution >= 4 is 5.96 Å². The zero-order valence-corrected chi connectivity index (χ0v) is 16.2. The van der Waals surface area contributed by atoms with Crippen LogP contribution in [0.3, 0.4) is 0 Å². The Bertz CT molecular complexity index is 429. The summed E-state index contributed by atoms with van der Waals surface area (Å²) >= 11 is 0. The fourth-order valence-corrected chi connectivity index (χ4v) is 2.65. The van der Waals surface area contributed by atoms with Crippen LogP contribution >= 0.6 is 0 Å². The maximum absolute atomic E-state index is 5.56. The van der Waals surface area contributed by atoms with Gasteiger partial charge in [0.25, 0.3) is 0 Å². The summed E-state index contributed by atoms with van der Waals surface area (Å²) < 4.78 is 10.8. The molecule has 0 fully saturated rings. The molecule has 0 spiro atoms. The van der Waals surface area contributed by atoms with Crippen molar-refractivity contribution in [2.24, 2.45) is 4.99 Å². The van der Waals surface area contributed by atoms with Crippen LogP contribution in [0.25, 0.3) is 0 Å². The summed E-state index contributed by atoms with van der Waals surface area (Å²) in [5.74, 6) is 1.73. The average molecular weight is 353 g/mol. The number of hydrogen-bond donors (Lipinski definition) is 2. The highest BCUT2D eigenvalue weighted by Crippen LogP contribution is 2.01. The van der Waals surface area contributed by atoms with Crippen molar-refractivity contribution in [2.45, 2.75) is 46.1 Å². The molecule has 1 aromatic heterocycles. The van der Waals surface area contributed by atoms with Crippen LogP contribution in [0.5, 0.6) is 0 Å². The van der Waals surface area contributed by atoms with E-state index in [1.165, 1.54) is 25.9 Å². The Balaban J connectivity index is 2.02. The molecule has 144 valence electrons. The standard InChI is InChI=1S/C19H36N4O2/c1-4-12-23(13-5-2)14-7-10-21-19(20-3)22-11-8-15-24-17-18-9-6-16-25-18/h6,9,16H,4-5,7-8,10-15,17H2,1-3H3,(H2,20,21,22). The lowest BCUT2D eigenvalue weighted by Crippen LogP contribution is -2.39. The molecule has 6 heteroatoms. The molecule has 0 unspecified atom stereocenters. The molecule has 0 radical (unpaired) electrons. The molecule has 25 heavy (non-hydrogen) atoms. The maximum atomic E-state index is 5.56. The Morgan fingerprint density at radius 2 is 1.84 bits per heavy atom. The second-order valence-electron chi connectivity index (χ2n) is 6.11. The molecule has 0 amide bonds. The predicted octanol–water partition coefficient (Wildman–Crippen LogP) is 2.86. The number of nitrogens with zero attached hydrogens (tertiary/aromatic N) is 2. The van der Waals surface area contributed by atoms with Gasteiger partial charge in [-0.15, -0.1) is 0 Å². The van der Waals surface area contributed by atoms with Crippen LogP contribution in [0.4, 0.5) is 0 Å². The Morgan fingerprint density at radius 1 is 1.12 bits per heavy atom. The molecule has 0 bridgehead atoms. The molecular weight excluding hydrogens is 316 g/mol. The van der Waals surface area contributed by atoms with Crippen molar-refractivity contribution < 1.29 is 9.15 Å². The van der Waals surface area contributed by atoms with Gasteiger partial charge in [0.15, 0.2) is 5.96 Å². The van der Waals surface area contributed by atoms with Crippen LogP contribution in [-0.2, 0) is 11.3 Å². The number of ether oxygens (including phenoxy) is 1. The molecule has 0 atom stereocenters. The highest BCUT2D eigenvalue weighted by molar-refractivity contribution is 5.79. The third kappa shape index (κ3) is 10.8. The first-order valence-electron chi connectivity index (χ1n) is 9.57. The fourth-order valence-electron chi connectivity index (χ4n) is 2.65. The van der Waals surface area contributed by atoms with E-state index in [0.717, 1.165) is 44.2 Å². The lowest BCUT2D eigenvalue weighted by Gasteiger charge is -2.21. The number of guanidine groups is 1. The van der Waals surface area contributed by atoms with Crippen LogP contribution in [0.2, 0.25) is 0 Å². The van der Waals surface area contributed by atoms with Crippen LogP contribution in [0, 0.1) is 0 Å². The SMILES string of the molecule is CCCN(CCC)CCCNC(=NC)NCCCOCc1ccco1. The second-order valence-corrected chi connectivity index (χ2v) is 6.11. The molecule has 1 aromatic rings. The van der Waals surface area contributed by atoms with E-state index in [0.29, 0.717) is 13.2 Å². The Morgan fingerprint density at radius 3 is 2.44 bits per heavy atom. The van der Waals surface area contributed by atoms with Crippen LogP contribution < -0.4 is 10.6 Å². The minimum absolute atomic E-state index is 0.534. The number of aliphatic imine (C=N–C) groups is 1. The third-order valence-corrected chi connectivity index (χ3v) is 3.83. The van der Waals surface area contributed by atoms with E-state index in [9.17, 15) is 0 Å². The van der Waals surface area contributed by atoms with Gasteiger partial charge in [-0.05, 0) is 57.5 Å². The fraction of sp³-hybridized carbons (Fsp3) is 0.737. The van der Waals surface area contributed by atoms with Crippen molar-refractivity contribution in [1.29, 1.82) is 0 Å². The zero-order chi connectivity index (χ0) is 18.2. The predicted molar refractivity (Wildman–Crippen MR) is 104 cm³/mol. The third-order valence-electron chi connectivity index (χ3n) is 3.83. The molecule has 0 saturated heterocycles. The van der Waals surface area contributed by atoms with E-state index in [4.69, 9.17) is 9.15 Å². The molecular formula is C19H36N4O2. The molecule has 6 nitrogen and oxygen atoms in total. The number of hydrogen-bond acceptors (Lipinski definition) is 4. The van der Waals surface area contributed by atoms with Crippen LogP contribution in [0.1, 0.15) is 45.3 Å². The quantitative estimate of drug-likeness (QED) is 0.306. The summed E-state index contributed by atoms with van der Waals surface area (Å²) in [6.45, 7) is 11.0. The summed E-state index contributed by atoms with van der Waals surface area (Å²) in [4.78, 5) is 6.80. The first-order valence-corrected chi connectivity index (χ1v) is 9.57. The summed E-state index contributed by atoms with van der Waals surface area (Å²) in [6, 6.07) is 3.80. The Hall–Kier alpha value is -1.53. The molecule has 1 rings (SSSR count).